The van der Waals surface area contributed by atoms with E-state index in [0.717, 1.165) is 0 Å². The average Bonchev–Trinajstić information content (AvgIpc) is 2.85. The SMILES string of the molecule is COCCOCCOCc1ccoc1C(=O)NN. The van der Waals surface area contributed by atoms with E-state index in [1.165, 1.54) is 6.26 Å². The van der Waals surface area contributed by atoms with Crippen molar-refractivity contribution in [1.29, 1.82) is 0 Å². The monoisotopic (exact) mass is 258 g/mol. The highest BCUT2D eigenvalue weighted by Crippen LogP contribution is 2.11. The lowest BCUT2D eigenvalue weighted by molar-refractivity contribution is 0.0196. The Morgan fingerprint density at radius 2 is 2.06 bits per heavy atom. The van der Waals surface area contributed by atoms with E-state index in [-0.39, 0.29) is 12.4 Å². The van der Waals surface area contributed by atoms with Crippen LogP contribution in [0.5, 0.6) is 0 Å². The van der Waals surface area contributed by atoms with Crippen LogP contribution in [-0.2, 0) is 20.8 Å². The second-order valence-corrected chi connectivity index (χ2v) is 3.41. The number of hydrazine groups is 1. The van der Waals surface area contributed by atoms with Crippen LogP contribution >= 0.6 is 0 Å². The molecule has 1 amide bonds. The maximum atomic E-state index is 11.3. The Hall–Kier alpha value is -1.41. The molecule has 0 fully saturated rings. The standard InChI is InChI=1S/C11H18N2O5/c1-15-4-5-16-6-7-17-8-9-2-3-18-10(9)11(14)13-12/h2-3H,4-8,12H2,1H3,(H,13,14). The van der Waals surface area contributed by atoms with E-state index >= 15 is 0 Å². The van der Waals surface area contributed by atoms with Gasteiger partial charge in [0.05, 0.1) is 39.3 Å². The summed E-state index contributed by atoms with van der Waals surface area (Å²) in [6, 6.07) is 1.66. The molecule has 1 aromatic rings. The van der Waals surface area contributed by atoms with Crippen LogP contribution in [0.4, 0.5) is 0 Å². The first-order valence-corrected chi connectivity index (χ1v) is 5.51. The Labute approximate surface area is 105 Å². The summed E-state index contributed by atoms with van der Waals surface area (Å²) >= 11 is 0. The minimum absolute atomic E-state index is 0.165. The predicted octanol–water partition coefficient (Wildman–Crippen LogP) is 0.0627. The van der Waals surface area contributed by atoms with Gasteiger partial charge >= 0.3 is 5.91 Å². The van der Waals surface area contributed by atoms with Crippen molar-refractivity contribution in [2.24, 2.45) is 5.84 Å². The second-order valence-electron chi connectivity index (χ2n) is 3.41. The van der Waals surface area contributed by atoms with Crippen LogP contribution in [0.1, 0.15) is 16.1 Å². The number of ether oxygens (including phenoxy) is 3. The molecule has 0 aliphatic rings. The summed E-state index contributed by atoms with van der Waals surface area (Å²) in [7, 11) is 1.61. The second kappa shape index (κ2) is 8.65. The minimum atomic E-state index is -0.477. The molecule has 0 unspecified atom stereocenters. The smallest absolute Gasteiger partial charge is 0.301 e. The fraction of sp³-hybridized carbons (Fsp3) is 0.545. The van der Waals surface area contributed by atoms with Crippen LogP contribution in [0.2, 0.25) is 0 Å². The molecule has 7 heteroatoms. The van der Waals surface area contributed by atoms with Crippen molar-refractivity contribution in [3.05, 3.63) is 23.7 Å². The molecule has 3 N–H and O–H groups in total. The summed E-state index contributed by atoms with van der Waals surface area (Å²) in [5, 5.41) is 0. The average molecular weight is 258 g/mol. The molecule has 0 spiro atoms. The Morgan fingerprint density at radius 3 is 2.78 bits per heavy atom. The van der Waals surface area contributed by atoms with Gasteiger partial charge < -0.3 is 18.6 Å². The van der Waals surface area contributed by atoms with E-state index in [2.05, 4.69) is 0 Å². The minimum Gasteiger partial charge on any atom is -0.459 e. The van der Waals surface area contributed by atoms with Crippen molar-refractivity contribution in [3.8, 4) is 0 Å². The lowest BCUT2D eigenvalue weighted by Gasteiger charge is -2.05. The molecule has 0 saturated heterocycles. The Kier molecular flexibility index (Phi) is 7.04. The molecule has 0 atom stereocenters. The molecule has 7 nitrogen and oxygen atoms in total. The van der Waals surface area contributed by atoms with Gasteiger partial charge in [0.1, 0.15) is 0 Å². The molecule has 0 saturated carbocycles. The Balaban J connectivity index is 2.19. The zero-order valence-electron chi connectivity index (χ0n) is 10.3. The van der Waals surface area contributed by atoms with E-state index in [4.69, 9.17) is 24.5 Å². The fourth-order valence-electron chi connectivity index (χ4n) is 1.26. The summed E-state index contributed by atoms with van der Waals surface area (Å²) in [5.74, 6) is 4.71. The molecular weight excluding hydrogens is 240 g/mol. The van der Waals surface area contributed by atoms with Gasteiger partial charge in [0.2, 0.25) is 0 Å². The van der Waals surface area contributed by atoms with Gasteiger partial charge in [0.15, 0.2) is 5.76 Å². The summed E-state index contributed by atoms with van der Waals surface area (Å²) in [6.45, 7) is 2.26. The zero-order chi connectivity index (χ0) is 13.2. The van der Waals surface area contributed by atoms with Gasteiger partial charge in [-0.2, -0.15) is 0 Å². The topological polar surface area (TPSA) is 95.9 Å². The highest BCUT2D eigenvalue weighted by atomic mass is 16.5. The van der Waals surface area contributed by atoms with Gasteiger partial charge in [-0.15, -0.1) is 0 Å². The van der Waals surface area contributed by atoms with Gasteiger partial charge in [-0.05, 0) is 6.07 Å². The third-order valence-corrected chi connectivity index (χ3v) is 2.15. The van der Waals surface area contributed by atoms with E-state index in [1.54, 1.807) is 13.2 Å². The molecule has 0 radical (unpaired) electrons. The van der Waals surface area contributed by atoms with Gasteiger partial charge in [-0.1, -0.05) is 0 Å². The summed E-state index contributed by atoms with van der Waals surface area (Å²) in [6.07, 6.45) is 1.42. The van der Waals surface area contributed by atoms with Crippen LogP contribution in [0, 0.1) is 0 Å². The predicted molar refractivity (Wildman–Crippen MR) is 62.7 cm³/mol. The Bertz CT molecular complexity index is 353. The number of hydrogen-bond acceptors (Lipinski definition) is 6. The third-order valence-electron chi connectivity index (χ3n) is 2.15. The van der Waals surface area contributed by atoms with Crippen LogP contribution in [0.3, 0.4) is 0 Å². The van der Waals surface area contributed by atoms with Crippen molar-refractivity contribution in [3.63, 3.8) is 0 Å². The van der Waals surface area contributed by atoms with Crippen molar-refractivity contribution in [2.75, 3.05) is 33.5 Å². The number of furan rings is 1. The maximum absolute atomic E-state index is 11.3. The lowest BCUT2D eigenvalue weighted by Crippen LogP contribution is -2.30. The van der Waals surface area contributed by atoms with E-state index < -0.39 is 5.91 Å². The van der Waals surface area contributed by atoms with Gasteiger partial charge in [-0.25, -0.2) is 5.84 Å². The molecule has 18 heavy (non-hydrogen) atoms. The van der Waals surface area contributed by atoms with Crippen LogP contribution < -0.4 is 11.3 Å². The zero-order valence-corrected chi connectivity index (χ0v) is 10.3. The number of nitrogens with one attached hydrogen (secondary N) is 1. The maximum Gasteiger partial charge on any atom is 0.301 e. The molecule has 1 rings (SSSR count). The number of nitrogens with two attached hydrogens (primary N) is 1. The molecular formula is C11H18N2O5. The highest BCUT2D eigenvalue weighted by Gasteiger charge is 2.13. The largest absolute Gasteiger partial charge is 0.459 e. The van der Waals surface area contributed by atoms with Gasteiger partial charge in [-0.3, -0.25) is 10.2 Å². The van der Waals surface area contributed by atoms with E-state index in [0.29, 0.717) is 32.0 Å². The first-order chi connectivity index (χ1) is 8.79. The van der Waals surface area contributed by atoms with Crippen molar-refractivity contribution < 1.29 is 23.4 Å². The Morgan fingerprint density at radius 1 is 1.33 bits per heavy atom. The van der Waals surface area contributed by atoms with Gasteiger partial charge in [0, 0.05) is 12.7 Å². The molecule has 1 heterocycles. The first-order valence-electron chi connectivity index (χ1n) is 5.51. The van der Waals surface area contributed by atoms with Crippen molar-refractivity contribution in [1.82, 2.24) is 5.43 Å². The number of carbonyl (C=O) groups is 1. The number of hydrogen-bond donors (Lipinski definition) is 2. The molecule has 0 aliphatic heterocycles. The van der Waals surface area contributed by atoms with Crippen LogP contribution in [0.25, 0.3) is 0 Å². The lowest BCUT2D eigenvalue weighted by atomic mass is 10.2. The summed E-state index contributed by atoms with van der Waals surface area (Å²) in [4.78, 5) is 11.3. The molecule has 0 bridgehead atoms. The summed E-state index contributed by atoms with van der Waals surface area (Å²) < 4.78 is 20.4. The molecule has 1 aromatic heterocycles. The fourth-order valence-corrected chi connectivity index (χ4v) is 1.26. The van der Waals surface area contributed by atoms with E-state index in [1.807, 2.05) is 5.43 Å². The molecule has 0 aromatic carbocycles. The highest BCUT2D eigenvalue weighted by molar-refractivity contribution is 5.92. The normalized spacial score (nSPS) is 10.6. The summed E-state index contributed by atoms with van der Waals surface area (Å²) in [5.41, 5.74) is 2.65. The third kappa shape index (κ3) is 4.84. The number of rotatable bonds is 9. The number of methoxy groups -OCH3 is 1. The molecule has 102 valence electrons. The van der Waals surface area contributed by atoms with Gasteiger partial charge in [0.25, 0.3) is 0 Å². The molecule has 0 aliphatic carbocycles. The quantitative estimate of drug-likeness (QED) is 0.281. The number of carbonyl (C=O) groups excluding carboxylic acids is 1. The van der Waals surface area contributed by atoms with Crippen LogP contribution in [-0.4, -0.2) is 39.4 Å². The van der Waals surface area contributed by atoms with Crippen molar-refractivity contribution in [2.45, 2.75) is 6.61 Å². The van der Waals surface area contributed by atoms with E-state index in [9.17, 15) is 4.79 Å². The number of amides is 1. The number of nitrogen functional groups attached to an aromatic ring is 1. The first kappa shape index (κ1) is 14.7. The van der Waals surface area contributed by atoms with Crippen molar-refractivity contribution >= 4 is 5.91 Å². The van der Waals surface area contributed by atoms with Crippen LogP contribution in [0.15, 0.2) is 16.7 Å².